The van der Waals surface area contributed by atoms with Gasteiger partial charge < -0.3 is 10.1 Å². The maximum atomic E-state index is 13.5. The molecule has 2 unspecified atom stereocenters. The summed E-state index contributed by atoms with van der Waals surface area (Å²) >= 11 is 0. The van der Waals surface area contributed by atoms with E-state index >= 15 is 0 Å². The second-order valence-corrected chi connectivity index (χ2v) is 9.03. The van der Waals surface area contributed by atoms with Crippen LogP contribution in [0.5, 0.6) is 5.75 Å². The fraction of sp³-hybridized carbons (Fsp3) is 0.591. The zero-order valence-corrected chi connectivity index (χ0v) is 16.4. The largest absolute Gasteiger partial charge is 0.494 e. The second-order valence-electron chi connectivity index (χ2n) is 9.03. The average Bonchev–Trinajstić information content (AvgIpc) is 3.22. The molecule has 1 amide bonds. The van der Waals surface area contributed by atoms with E-state index in [4.69, 9.17) is 4.74 Å². The molecular weight excluding hydrogens is 352 g/mol. The fourth-order valence-electron chi connectivity index (χ4n) is 6.51. The van der Waals surface area contributed by atoms with E-state index in [-0.39, 0.29) is 16.9 Å². The highest BCUT2D eigenvalue weighted by atomic mass is 16.5. The summed E-state index contributed by atoms with van der Waals surface area (Å²) < 4.78 is 7.77. The molecule has 1 heterocycles. The highest BCUT2D eigenvalue weighted by Gasteiger charge is 2.61. The Kier molecular flexibility index (Phi) is 4.18. The van der Waals surface area contributed by atoms with Crippen molar-refractivity contribution in [3.05, 3.63) is 42.5 Å². The Bertz CT molecular complexity index is 849. The smallest absolute Gasteiger partial charge is 0.226 e. The van der Waals surface area contributed by atoms with E-state index in [0.29, 0.717) is 25.0 Å². The van der Waals surface area contributed by atoms with Crippen molar-refractivity contribution in [2.45, 2.75) is 57.5 Å². The van der Waals surface area contributed by atoms with E-state index in [1.165, 1.54) is 6.42 Å². The Balaban J connectivity index is 1.37. The number of hydrogen-bond acceptors (Lipinski definition) is 4. The van der Waals surface area contributed by atoms with Gasteiger partial charge in [0.1, 0.15) is 18.4 Å². The normalized spacial score (nSPS) is 33.0. The van der Waals surface area contributed by atoms with Gasteiger partial charge >= 0.3 is 0 Å². The first-order chi connectivity index (χ1) is 13.6. The molecule has 2 aromatic rings. The lowest BCUT2D eigenvalue weighted by Gasteiger charge is -2.60. The third-order valence-corrected chi connectivity index (χ3v) is 7.13. The average molecular weight is 380 g/mol. The van der Waals surface area contributed by atoms with Gasteiger partial charge in [0.2, 0.25) is 5.91 Å². The number of para-hydroxylation sites is 1. The van der Waals surface area contributed by atoms with Crippen molar-refractivity contribution < 1.29 is 9.53 Å². The SMILES string of the molecule is CCOc1ccccc1CNC(=O)C12C[C@H]3C[C@@H](C1)CC(n1cncn1)(C3)C2. The molecule has 0 saturated heterocycles. The number of ether oxygens (including phenoxy) is 1. The third-order valence-electron chi connectivity index (χ3n) is 7.13. The van der Waals surface area contributed by atoms with Crippen LogP contribution in [0.3, 0.4) is 0 Å². The molecule has 4 atom stereocenters. The van der Waals surface area contributed by atoms with Gasteiger partial charge in [0.25, 0.3) is 0 Å². The molecule has 4 aliphatic carbocycles. The van der Waals surface area contributed by atoms with Crippen molar-refractivity contribution in [3.8, 4) is 5.75 Å². The minimum absolute atomic E-state index is 0.0266. The van der Waals surface area contributed by atoms with E-state index in [2.05, 4.69) is 20.1 Å². The number of benzene rings is 1. The Morgan fingerprint density at radius 3 is 2.75 bits per heavy atom. The number of carbonyl (C=O) groups excluding carboxylic acids is 1. The van der Waals surface area contributed by atoms with Gasteiger partial charge in [-0.1, -0.05) is 18.2 Å². The summed E-state index contributed by atoms with van der Waals surface area (Å²) in [6.45, 7) is 3.12. The molecule has 4 aliphatic rings. The lowest BCUT2D eigenvalue weighted by Crippen LogP contribution is -2.61. The first-order valence-electron chi connectivity index (χ1n) is 10.5. The molecular formula is C22H28N4O2. The summed E-state index contributed by atoms with van der Waals surface area (Å²) in [6, 6.07) is 7.96. The molecule has 0 radical (unpaired) electrons. The standard InChI is InChI=1S/C22H28N4O2/c1-2-28-19-6-4-3-5-18(19)12-24-20(27)21-8-16-7-17(9-21)11-22(10-16,13-21)26-15-23-14-25-26/h3-6,14-17H,2,7-13H2,1H3,(H,24,27)/t16-,17+,21?,22?. The van der Waals surface area contributed by atoms with Gasteiger partial charge in [-0.05, 0) is 63.4 Å². The highest BCUT2D eigenvalue weighted by molar-refractivity contribution is 5.83. The van der Waals surface area contributed by atoms with Gasteiger partial charge in [-0.3, -0.25) is 4.79 Å². The fourth-order valence-corrected chi connectivity index (χ4v) is 6.51. The van der Waals surface area contributed by atoms with Gasteiger partial charge in [0.05, 0.1) is 17.6 Å². The number of carbonyl (C=O) groups is 1. The van der Waals surface area contributed by atoms with E-state index in [9.17, 15) is 4.79 Å². The predicted molar refractivity (Wildman–Crippen MR) is 105 cm³/mol. The number of rotatable bonds is 6. The number of hydrogen-bond donors (Lipinski definition) is 1. The summed E-state index contributed by atoms with van der Waals surface area (Å²) in [7, 11) is 0. The van der Waals surface area contributed by atoms with E-state index in [1.54, 1.807) is 6.33 Å². The lowest BCUT2D eigenvalue weighted by atomic mass is 9.46. The quantitative estimate of drug-likeness (QED) is 0.835. The van der Waals surface area contributed by atoms with Gasteiger partial charge in [-0.15, -0.1) is 0 Å². The second kappa shape index (κ2) is 6.61. The van der Waals surface area contributed by atoms with Crippen LogP contribution in [0.25, 0.3) is 0 Å². The van der Waals surface area contributed by atoms with Crippen LogP contribution in [0, 0.1) is 17.3 Å². The van der Waals surface area contributed by atoms with Gasteiger partial charge in [-0.25, -0.2) is 9.67 Å². The Morgan fingerprint density at radius 2 is 2.04 bits per heavy atom. The molecule has 6 rings (SSSR count). The molecule has 28 heavy (non-hydrogen) atoms. The van der Waals surface area contributed by atoms with Crippen molar-refractivity contribution in [2.24, 2.45) is 17.3 Å². The van der Waals surface area contributed by atoms with E-state index in [0.717, 1.165) is 43.4 Å². The van der Waals surface area contributed by atoms with Gasteiger partial charge in [0.15, 0.2) is 0 Å². The van der Waals surface area contributed by atoms with E-state index < -0.39 is 0 Å². The first kappa shape index (κ1) is 17.7. The molecule has 1 aromatic carbocycles. The number of amides is 1. The molecule has 1 N–H and O–H groups in total. The molecule has 1 aromatic heterocycles. The lowest BCUT2D eigenvalue weighted by molar-refractivity contribution is -0.156. The van der Waals surface area contributed by atoms with Crippen molar-refractivity contribution in [1.29, 1.82) is 0 Å². The summed E-state index contributed by atoms with van der Waals surface area (Å²) in [5.74, 6) is 2.30. The zero-order chi connectivity index (χ0) is 19.2. The molecule has 6 nitrogen and oxygen atoms in total. The van der Waals surface area contributed by atoms with Crippen LogP contribution in [0.15, 0.2) is 36.9 Å². The summed E-state index contributed by atoms with van der Waals surface area (Å²) in [5, 5.41) is 7.73. The van der Waals surface area contributed by atoms with Crippen LogP contribution >= 0.6 is 0 Å². The maximum Gasteiger partial charge on any atom is 0.226 e. The minimum atomic E-state index is -0.267. The highest BCUT2D eigenvalue weighted by Crippen LogP contribution is 2.64. The molecule has 4 bridgehead atoms. The van der Waals surface area contributed by atoms with Crippen LogP contribution in [0.1, 0.15) is 51.0 Å². The zero-order valence-electron chi connectivity index (χ0n) is 16.4. The maximum absolute atomic E-state index is 13.5. The summed E-state index contributed by atoms with van der Waals surface area (Å²) in [5.41, 5.74) is 0.742. The number of aromatic nitrogens is 3. The third kappa shape index (κ3) is 2.81. The first-order valence-corrected chi connectivity index (χ1v) is 10.5. The minimum Gasteiger partial charge on any atom is -0.494 e. The topological polar surface area (TPSA) is 69.0 Å². The number of nitrogens with one attached hydrogen (secondary N) is 1. The van der Waals surface area contributed by atoms with Crippen molar-refractivity contribution in [2.75, 3.05) is 6.61 Å². The molecule has 0 aliphatic heterocycles. The van der Waals surface area contributed by atoms with Crippen LogP contribution in [-0.4, -0.2) is 27.3 Å². The van der Waals surface area contributed by atoms with Crippen LogP contribution in [0.4, 0.5) is 0 Å². The van der Waals surface area contributed by atoms with E-state index in [1.807, 2.05) is 37.5 Å². The number of nitrogens with zero attached hydrogens (tertiary/aromatic N) is 3. The predicted octanol–water partition coefficient (Wildman–Crippen LogP) is 3.29. The van der Waals surface area contributed by atoms with Crippen molar-refractivity contribution in [1.82, 2.24) is 20.1 Å². The van der Waals surface area contributed by atoms with Crippen LogP contribution in [0.2, 0.25) is 0 Å². The Labute approximate surface area is 165 Å². The molecule has 4 fully saturated rings. The molecule has 148 valence electrons. The van der Waals surface area contributed by atoms with Gasteiger partial charge in [0, 0.05) is 12.1 Å². The van der Waals surface area contributed by atoms with Crippen molar-refractivity contribution >= 4 is 5.91 Å². The van der Waals surface area contributed by atoms with Gasteiger partial charge in [-0.2, -0.15) is 5.10 Å². The monoisotopic (exact) mass is 380 g/mol. The summed E-state index contributed by atoms with van der Waals surface area (Å²) in [4.78, 5) is 17.6. The molecule has 4 saturated carbocycles. The Morgan fingerprint density at radius 1 is 1.25 bits per heavy atom. The molecule has 0 spiro atoms. The van der Waals surface area contributed by atoms with Crippen molar-refractivity contribution in [3.63, 3.8) is 0 Å². The Hall–Kier alpha value is -2.37. The van der Waals surface area contributed by atoms with Crippen LogP contribution < -0.4 is 10.1 Å². The summed E-state index contributed by atoms with van der Waals surface area (Å²) in [6.07, 6.45) is 9.91. The van der Waals surface area contributed by atoms with Crippen LogP contribution in [-0.2, 0) is 16.9 Å². The molecule has 6 heteroatoms.